The Morgan fingerprint density at radius 2 is 2.18 bits per heavy atom. The van der Waals surface area contributed by atoms with Gasteiger partial charge in [0.05, 0.1) is 7.11 Å². The molecule has 1 aromatic heterocycles. The van der Waals surface area contributed by atoms with E-state index in [4.69, 9.17) is 4.74 Å². The highest BCUT2D eigenvalue weighted by Gasteiger charge is 2.32. The lowest BCUT2D eigenvalue weighted by atomic mass is 9.93. The zero-order chi connectivity index (χ0) is 12.5. The summed E-state index contributed by atoms with van der Waals surface area (Å²) in [5.74, 6) is 2.35. The Morgan fingerprint density at radius 3 is 2.71 bits per heavy atom. The van der Waals surface area contributed by atoms with Crippen molar-refractivity contribution in [2.45, 2.75) is 20.3 Å². The van der Waals surface area contributed by atoms with Gasteiger partial charge in [-0.3, -0.25) is 0 Å². The van der Waals surface area contributed by atoms with E-state index < -0.39 is 0 Å². The molecule has 1 saturated heterocycles. The third-order valence-electron chi connectivity index (χ3n) is 3.20. The van der Waals surface area contributed by atoms with Crippen LogP contribution < -0.4 is 15.0 Å². The molecular formula is C12H20N4O. The maximum atomic E-state index is 5.42. The first-order valence-corrected chi connectivity index (χ1v) is 5.89. The molecule has 5 nitrogen and oxygen atoms in total. The van der Waals surface area contributed by atoms with E-state index in [2.05, 4.69) is 34.0 Å². The van der Waals surface area contributed by atoms with Gasteiger partial charge in [-0.05, 0) is 11.8 Å². The number of nitrogens with one attached hydrogen (secondary N) is 1. The largest absolute Gasteiger partial charge is 0.490 e. The third kappa shape index (κ3) is 2.28. The van der Waals surface area contributed by atoms with Gasteiger partial charge in [-0.25, -0.2) is 9.97 Å². The second-order valence-corrected chi connectivity index (χ2v) is 5.16. The normalized spacial score (nSPS) is 18.2. The van der Waals surface area contributed by atoms with Crippen molar-refractivity contribution in [1.82, 2.24) is 9.97 Å². The van der Waals surface area contributed by atoms with Crippen molar-refractivity contribution < 1.29 is 4.74 Å². The number of hydrogen-bond donors (Lipinski definition) is 1. The molecular weight excluding hydrogens is 216 g/mol. The molecule has 0 amide bonds. The maximum absolute atomic E-state index is 5.42. The molecule has 2 heterocycles. The van der Waals surface area contributed by atoms with Crippen molar-refractivity contribution in [1.29, 1.82) is 0 Å². The van der Waals surface area contributed by atoms with Crippen molar-refractivity contribution in [2.75, 3.05) is 37.5 Å². The standard InChI is InChI=1S/C12H20N4O/c1-12(2)5-6-16(7-12)11-9(17-4)10(13-3)14-8-15-11/h8H,5-7H2,1-4H3,(H,13,14,15). The highest BCUT2D eigenvalue weighted by Crippen LogP contribution is 2.37. The number of nitrogens with zero attached hydrogens (tertiary/aromatic N) is 3. The van der Waals surface area contributed by atoms with Crippen molar-refractivity contribution in [2.24, 2.45) is 5.41 Å². The summed E-state index contributed by atoms with van der Waals surface area (Å²) in [4.78, 5) is 10.8. The van der Waals surface area contributed by atoms with Gasteiger partial charge in [0, 0.05) is 20.1 Å². The second kappa shape index (κ2) is 4.39. The van der Waals surface area contributed by atoms with Gasteiger partial charge in [-0.15, -0.1) is 0 Å². The summed E-state index contributed by atoms with van der Waals surface area (Å²) in [6.45, 7) is 6.58. The molecule has 1 aliphatic heterocycles. The number of ether oxygens (including phenoxy) is 1. The minimum absolute atomic E-state index is 0.343. The van der Waals surface area contributed by atoms with E-state index in [1.54, 1.807) is 13.4 Å². The van der Waals surface area contributed by atoms with Crippen LogP contribution in [0, 0.1) is 5.41 Å². The smallest absolute Gasteiger partial charge is 0.204 e. The molecule has 1 fully saturated rings. The second-order valence-electron chi connectivity index (χ2n) is 5.16. The summed E-state index contributed by atoms with van der Waals surface area (Å²) >= 11 is 0. The Hall–Kier alpha value is -1.52. The zero-order valence-electron chi connectivity index (χ0n) is 10.9. The third-order valence-corrected chi connectivity index (χ3v) is 3.20. The molecule has 0 unspecified atom stereocenters. The van der Waals surface area contributed by atoms with Gasteiger partial charge < -0.3 is 15.0 Å². The Morgan fingerprint density at radius 1 is 1.41 bits per heavy atom. The van der Waals surface area contributed by atoms with Crippen LogP contribution >= 0.6 is 0 Å². The van der Waals surface area contributed by atoms with Crippen LogP contribution in [0.25, 0.3) is 0 Å². The summed E-state index contributed by atoms with van der Waals surface area (Å²) in [7, 11) is 3.49. The molecule has 0 atom stereocenters. The molecule has 2 rings (SSSR count). The fourth-order valence-electron chi connectivity index (χ4n) is 2.25. The van der Waals surface area contributed by atoms with E-state index in [1.807, 2.05) is 7.05 Å². The molecule has 94 valence electrons. The monoisotopic (exact) mass is 236 g/mol. The lowest BCUT2D eigenvalue weighted by Crippen LogP contribution is -2.24. The average molecular weight is 236 g/mol. The minimum atomic E-state index is 0.343. The van der Waals surface area contributed by atoms with Crippen LogP contribution in [0.15, 0.2) is 6.33 Å². The fourth-order valence-corrected chi connectivity index (χ4v) is 2.25. The average Bonchev–Trinajstić information content (AvgIpc) is 2.68. The van der Waals surface area contributed by atoms with Gasteiger partial charge in [0.25, 0.3) is 0 Å². The first kappa shape index (κ1) is 12.0. The molecule has 1 aromatic rings. The fraction of sp³-hybridized carbons (Fsp3) is 0.667. The van der Waals surface area contributed by atoms with Gasteiger partial charge >= 0.3 is 0 Å². The summed E-state index contributed by atoms with van der Waals surface area (Å²) in [5, 5.41) is 3.03. The van der Waals surface area contributed by atoms with Gasteiger partial charge in [0.15, 0.2) is 11.6 Å². The van der Waals surface area contributed by atoms with Gasteiger partial charge in [0.1, 0.15) is 6.33 Å². The van der Waals surface area contributed by atoms with Gasteiger partial charge in [-0.1, -0.05) is 13.8 Å². The first-order valence-electron chi connectivity index (χ1n) is 5.89. The maximum Gasteiger partial charge on any atom is 0.204 e. The Bertz CT molecular complexity index is 405. The number of aromatic nitrogens is 2. The van der Waals surface area contributed by atoms with E-state index in [-0.39, 0.29) is 0 Å². The Kier molecular flexibility index (Phi) is 3.09. The molecule has 1 N–H and O–H groups in total. The van der Waals surface area contributed by atoms with Crippen LogP contribution in [-0.4, -0.2) is 37.2 Å². The van der Waals surface area contributed by atoms with Crippen LogP contribution in [0.2, 0.25) is 0 Å². The SMILES string of the molecule is CNc1ncnc(N2CCC(C)(C)C2)c1OC. The summed E-state index contributed by atoms with van der Waals surface area (Å²) < 4.78 is 5.42. The van der Waals surface area contributed by atoms with E-state index in [0.29, 0.717) is 5.41 Å². The van der Waals surface area contributed by atoms with Crippen LogP contribution in [0.5, 0.6) is 5.75 Å². The van der Waals surface area contributed by atoms with Gasteiger partial charge in [0.2, 0.25) is 5.75 Å². The quantitative estimate of drug-likeness (QED) is 0.866. The molecule has 0 bridgehead atoms. The van der Waals surface area contributed by atoms with Crippen molar-refractivity contribution in [3.63, 3.8) is 0 Å². The molecule has 0 aromatic carbocycles. The predicted octanol–water partition coefficient (Wildman–Crippen LogP) is 1.76. The molecule has 0 saturated carbocycles. The zero-order valence-corrected chi connectivity index (χ0v) is 10.9. The topological polar surface area (TPSA) is 50.3 Å². The van der Waals surface area contributed by atoms with E-state index >= 15 is 0 Å². The Labute approximate surface area is 102 Å². The number of methoxy groups -OCH3 is 1. The van der Waals surface area contributed by atoms with Gasteiger partial charge in [-0.2, -0.15) is 0 Å². The molecule has 5 heteroatoms. The predicted molar refractivity (Wildman–Crippen MR) is 68.7 cm³/mol. The molecule has 0 aliphatic carbocycles. The number of rotatable bonds is 3. The van der Waals surface area contributed by atoms with E-state index in [9.17, 15) is 0 Å². The number of hydrogen-bond acceptors (Lipinski definition) is 5. The number of anilines is 2. The molecule has 0 radical (unpaired) electrons. The lowest BCUT2D eigenvalue weighted by molar-refractivity contribution is 0.407. The Balaban J connectivity index is 2.33. The summed E-state index contributed by atoms with van der Waals surface area (Å²) in [6, 6.07) is 0. The summed E-state index contributed by atoms with van der Waals surface area (Å²) in [6.07, 6.45) is 2.75. The molecule has 1 aliphatic rings. The highest BCUT2D eigenvalue weighted by atomic mass is 16.5. The molecule has 0 spiro atoms. The van der Waals surface area contributed by atoms with Crippen LogP contribution in [0.3, 0.4) is 0 Å². The lowest BCUT2D eigenvalue weighted by Gasteiger charge is -2.22. The first-order chi connectivity index (χ1) is 8.07. The van der Waals surface area contributed by atoms with E-state index in [0.717, 1.165) is 30.5 Å². The van der Waals surface area contributed by atoms with Crippen molar-refractivity contribution >= 4 is 11.6 Å². The molecule has 17 heavy (non-hydrogen) atoms. The van der Waals surface area contributed by atoms with Crippen LogP contribution in [0.1, 0.15) is 20.3 Å². The minimum Gasteiger partial charge on any atom is -0.490 e. The van der Waals surface area contributed by atoms with Crippen LogP contribution in [-0.2, 0) is 0 Å². The summed E-state index contributed by atoms with van der Waals surface area (Å²) in [5.41, 5.74) is 0.343. The van der Waals surface area contributed by atoms with Crippen molar-refractivity contribution in [3.05, 3.63) is 6.33 Å². The van der Waals surface area contributed by atoms with Crippen LogP contribution in [0.4, 0.5) is 11.6 Å². The highest BCUT2D eigenvalue weighted by molar-refractivity contribution is 5.64. The van der Waals surface area contributed by atoms with E-state index in [1.165, 1.54) is 6.42 Å². The van der Waals surface area contributed by atoms with Crippen molar-refractivity contribution in [3.8, 4) is 5.75 Å².